The predicted octanol–water partition coefficient (Wildman–Crippen LogP) is 2.71. The molecule has 0 N–H and O–H groups in total. The molecule has 19 heavy (non-hydrogen) atoms. The van der Waals surface area contributed by atoms with Crippen LogP contribution >= 0.6 is 27.3 Å². The van der Waals surface area contributed by atoms with E-state index in [0.717, 1.165) is 33.8 Å². The van der Waals surface area contributed by atoms with Crippen LogP contribution in [0.25, 0.3) is 6.08 Å². The van der Waals surface area contributed by atoms with E-state index in [9.17, 15) is 10.1 Å². The van der Waals surface area contributed by atoms with E-state index in [1.807, 2.05) is 11.1 Å². The van der Waals surface area contributed by atoms with Gasteiger partial charge in [0.15, 0.2) is 0 Å². The highest BCUT2D eigenvalue weighted by Gasteiger charge is 2.09. The number of halogens is 1. The number of nitrogens with zero attached hydrogens (tertiary/aromatic N) is 3. The maximum atomic E-state index is 10.6. The van der Waals surface area contributed by atoms with Crippen molar-refractivity contribution < 1.29 is 9.66 Å². The van der Waals surface area contributed by atoms with Gasteiger partial charge >= 0.3 is 5.00 Å². The Morgan fingerprint density at radius 2 is 2.26 bits per heavy atom. The lowest BCUT2D eigenvalue weighted by Gasteiger charge is -2.23. The fraction of sp³-hybridized carbons (Fsp3) is 0.364. The molecule has 1 aromatic rings. The number of hydrazone groups is 1. The largest absolute Gasteiger partial charge is 0.378 e. The second-order valence-corrected chi connectivity index (χ2v) is 5.78. The topological polar surface area (TPSA) is 68.0 Å². The molecular weight excluding hydrogens is 334 g/mol. The molecule has 0 bridgehead atoms. The van der Waals surface area contributed by atoms with Crippen molar-refractivity contribution in [3.8, 4) is 0 Å². The van der Waals surface area contributed by atoms with Crippen LogP contribution in [-0.2, 0) is 4.74 Å². The third-order valence-electron chi connectivity index (χ3n) is 2.40. The Morgan fingerprint density at radius 3 is 2.89 bits per heavy atom. The van der Waals surface area contributed by atoms with Gasteiger partial charge in [-0.2, -0.15) is 5.10 Å². The summed E-state index contributed by atoms with van der Waals surface area (Å²) >= 11 is 4.51. The highest BCUT2D eigenvalue weighted by molar-refractivity contribution is 9.12. The summed E-state index contributed by atoms with van der Waals surface area (Å²) in [4.78, 5) is 11.0. The van der Waals surface area contributed by atoms with Gasteiger partial charge in [-0.25, -0.2) is 0 Å². The molecule has 0 aromatic carbocycles. The third-order valence-corrected chi connectivity index (χ3v) is 3.82. The van der Waals surface area contributed by atoms with Crippen LogP contribution in [0.15, 0.2) is 21.7 Å². The standard InChI is InChI=1S/C11H12BrN3O3S/c12-9(8-13-14-3-5-18-6-4-14)7-10-1-2-11(19-10)15(16)17/h1-2,7-8H,3-6H2/b9-7-,13-8+. The molecule has 8 heteroatoms. The lowest BCUT2D eigenvalue weighted by Crippen LogP contribution is -2.32. The Kier molecular flexibility index (Phi) is 5.06. The fourth-order valence-electron chi connectivity index (χ4n) is 1.50. The number of rotatable bonds is 4. The van der Waals surface area contributed by atoms with Gasteiger partial charge in [-0.1, -0.05) is 11.3 Å². The first kappa shape index (κ1) is 14.2. The molecule has 0 saturated carbocycles. The van der Waals surface area contributed by atoms with Crippen molar-refractivity contribution in [2.45, 2.75) is 0 Å². The SMILES string of the molecule is O=[N+]([O-])c1ccc(/C=C(Br)/C=N/N2CCOCC2)s1. The van der Waals surface area contributed by atoms with Gasteiger partial charge in [0.05, 0.1) is 37.4 Å². The molecule has 1 aromatic heterocycles. The molecule has 2 rings (SSSR count). The molecule has 0 radical (unpaired) electrons. The number of allylic oxidation sites excluding steroid dienone is 1. The number of morpholine rings is 1. The number of nitro groups is 1. The van der Waals surface area contributed by atoms with Gasteiger partial charge in [-0.05, 0) is 28.1 Å². The van der Waals surface area contributed by atoms with Crippen LogP contribution in [-0.4, -0.2) is 42.5 Å². The van der Waals surface area contributed by atoms with Gasteiger partial charge in [0.25, 0.3) is 0 Å². The minimum absolute atomic E-state index is 0.136. The molecule has 6 nitrogen and oxygen atoms in total. The van der Waals surface area contributed by atoms with Crippen LogP contribution < -0.4 is 0 Å². The van der Waals surface area contributed by atoms with Crippen LogP contribution in [0.4, 0.5) is 5.00 Å². The van der Waals surface area contributed by atoms with E-state index in [1.165, 1.54) is 6.07 Å². The summed E-state index contributed by atoms with van der Waals surface area (Å²) in [5, 5.41) is 16.9. The molecule has 1 saturated heterocycles. The Hall–Kier alpha value is -1.25. The minimum Gasteiger partial charge on any atom is -0.378 e. The summed E-state index contributed by atoms with van der Waals surface area (Å²) in [6.07, 6.45) is 3.50. The maximum absolute atomic E-state index is 10.6. The van der Waals surface area contributed by atoms with Crippen molar-refractivity contribution in [1.29, 1.82) is 0 Å². The molecule has 0 aliphatic carbocycles. The molecule has 0 unspecified atom stereocenters. The molecule has 1 aliphatic rings. The number of ether oxygens (including phenoxy) is 1. The molecule has 2 heterocycles. The molecule has 0 atom stereocenters. The minimum atomic E-state index is -0.391. The van der Waals surface area contributed by atoms with E-state index in [-0.39, 0.29) is 5.00 Å². The van der Waals surface area contributed by atoms with Crippen LogP contribution in [0.1, 0.15) is 4.88 Å². The Balaban J connectivity index is 1.97. The average molecular weight is 346 g/mol. The van der Waals surface area contributed by atoms with Gasteiger partial charge in [0, 0.05) is 15.4 Å². The normalized spacial score (nSPS) is 17.1. The van der Waals surface area contributed by atoms with Gasteiger partial charge in [-0.15, -0.1) is 0 Å². The highest BCUT2D eigenvalue weighted by atomic mass is 79.9. The third kappa shape index (κ3) is 4.41. The summed E-state index contributed by atoms with van der Waals surface area (Å²) < 4.78 is 6.00. The number of hydrogen-bond acceptors (Lipinski definition) is 6. The zero-order valence-electron chi connectivity index (χ0n) is 9.99. The second kappa shape index (κ2) is 6.78. The Bertz CT molecular complexity index is 509. The number of hydrogen-bond donors (Lipinski definition) is 0. The zero-order chi connectivity index (χ0) is 13.7. The lowest BCUT2D eigenvalue weighted by molar-refractivity contribution is -0.380. The first-order valence-electron chi connectivity index (χ1n) is 5.63. The summed E-state index contributed by atoms with van der Waals surface area (Å²) in [6.45, 7) is 2.94. The van der Waals surface area contributed by atoms with Gasteiger partial charge in [0.1, 0.15) is 0 Å². The van der Waals surface area contributed by atoms with Gasteiger partial charge < -0.3 is 4.74 Å². The van der Waals surface area contributed by atoms with Crippen molar-refractivity contribution in [2.75, 3.05) is 26.3 Å². The molecule has 1 fully saturated rings. The van der Waals surface area contributed by atoms with E-state index in [1.54, 1.807) is 12.3 Å². The summed E-state index contributed by atoms with van der Waals surface area (Å²) in [5.41, 5.74) is 0. The smallest absolute Gasteiger partial charge is 0.324 e. The molecule has 0 amide bonds. The second-order valence-electron chi connectivity index (χ2n) is 3.77. The average Bonchev–Trinajstić information content (AvgIpc) is 2.86. The number of thiophene rings is 1. The van der Waals surface area contributed by atoms with Crippen LogP contribution in [0.3, 0.4) is 0 Å². The first-order valence-corrected chi connectivity index (χ1v) is 7.24. The first-order chi connectivity index (χ1) is 9.15. The van der Waals surface area contributed by atoms with Crippen molar-refractivity contribution >= 4 is 44.6 Å². The highest BCUT2D eigenvalue weighted by Crippen LogP contribution is 2.26. The van der Waals surface area contributed by atoms with Crippen LogP contribution in [0.5, 0.6) is 0 Å². The van der Waals surface area contributed by atoms with E-state index in [0.29, 0.717) is 13.2 Å². The monoisotopic (exact) mass is 345 g/mol. The Morgan fingerprint density at radius 1 is 1.53 bits per heavy atom. The lowest BCUT2D eigenvalue weighted by atomic mass is 10.4. The van der Waals surface area contributed by atoms with Crippen molar-refractivity contribution in [3.63, 3.8) is 0 Å². The summed E-state index contributed by atoms with van der Waals surface area (Å²) in [5.74, 6) is 0. The van der Waals surface area contributed by atoms with Crippen molar-refractivity contribution in [1.82, 2.24) is 5.01 Å². The fourth-order valence-corrected chi connectivity index (χ4v) is 2.76. The quantitative estimate of drug-likeness (QED) is 0.478. The Labute approximate surface area is 122 Å². The summed E-state index contributed by atoms with van der Waals surface area (Å²) in [7, 11) is 0. The predicted molar refractivity (Wildman–Crippen MR) is 78.8 cm³/mol. The molecule has 1 aliphatic heterocycles. The van der Waals surface area contributed by atoms with Crippen LogP contribution in [0.2, 0.25) is 0 Å². The van der Waals surface area contributed by atoms with E-state index >= 15 is 0 Å². The van der Waals surface area contributed by atoms with E-state index in [4.69, 9.17) is 4.74 Å². The van der Waals surface area contributed by atoms with Crippen LogP contribution in [0, 0.1) is 10.1 Å². The van der Waals surface area contributed by atoms with E-state index < -0.39 is 4.92 Å². The van der Waals surface area contributed by atoms with Gasteiger partial charge in [0.2, 0.25) is 0 Å². The molecule has 0 spiro atoms. The molecule has 102 valence electrons. The van der Waals surface area contributed by atoms with Crippen molar-refractivity contribution in [3.05, 3.63) is 31.6 Å². The van der Waals surface area contributed by atoms with Crippen molar-refractivity contribution in [2.24, 2.45) is 5.10 Å². The summed E-state index contributed by atoms with van der Waals surface area (Å²) in [6, 6.07) is 3.21. The maximum Gasteiger partial charge on any atom is 0.324 e. The molecular formula is C11H12BrN3O3S. The zero-order valence-corrected chi connectivity index (χ0v) is 12.4. The van der Waals surface area contributed by atoms with E-state index in [2.05, 4.69) is 21.0 Å². The van der Waals surface area contributed by atoms with Gasteiger partial charge in [-0.3, -0.25) is 15.1 Å².